The van der Waals surface area contributed by atoms with E-state index in [0.29, 0.717) is 5.54 Å². The summed E-state index contributed by atoms with van der Waals surface area (Å²) in [7, 11) is 0. The van der Waals surface area contributed by atoms with Gasteiger partial charge in [-0.3, -0.25) is 4.68 Å². The summed E-state index contributed by atoms with van der Waals surface area (Å²) in [5.41, 5.74) is 1.71. The molecular weight excluding hydrogens is 186 g/mol. The smallest absolute Gasteiger partial charge is 0.0492 e. The summed E-state index contributed by atoms with van der Waals surface area (Å²) < 4.78 is 2.11. The molecule has 1 aliphatic rings. The van der Waals surface area contributed by atoms with Gasteiger partial charge in [0.2, 0.25) is 0 Å². The predicted octanol–water partition coefficient (Wildman–Crippen LogP) is 1.98. The van der Waals surface area contributed by atoms with Gasteiger partial charge in [0, 0.05) is 30.4 Å². The topological polar surface area (TPSA) is 29.9 Å². The molecule has 1 aliphatic heterocycles. The van der Waals surface area contributed by atoms with E-state index in [0.717, 1.165) is 13.0 Å². The second-order valence-electron chi connectivity index (χ2n) is 4.48. The maximum absolute atomic E-state index is 4.33. The highest BCUT2D eigenvalue weighted by Gasteiger charge is 2.32. The maximum Gasteiger partial charge on any atom is 0.0492 e. The number of rotatable bonds is 4. The predicted molar refractivity (Wildman–Crippen MR) is 61.9 cm³/mol. The summed E-state index contributed by atoms with van der Waals surface area (Å²) in [5.74, 6) is 0. The number of hydrogen-bond acceptors (Lipinski definition) is 2. The van der Waals surface area contributed by atoms with Crippen molar-refractivity contribution in [2.45, 2.75) is 51.6 Å². The maximum atomic E-state index is 4.33. The van der Waals surface area contributed by atoms with Crippen LogP contribution in [0.1, 0.15) is 38.8 Å². The molecule has 0 spiro atoms. The first-order valence-electron chi connectivity index (χ1n) is 6.05. The van der Waals surface area contributed by atoms with E-state index in [4.69, 9.17) is 0 Å². The molecule has 3 nitrogen and oxygen atoms in total. The molecule has 0 aliphatic carbocycles. The van der Waals surface area contributed by atoms with Crippen molar-refractivity contribution in [3.63, 3.8) is 0 Å². The normalized spacial score (nSPS) is 26.0. The molecule has 1 saturated heterocycles. The van der Waals surface area contributed by atoms with E-state index in [2.05, 4.69) is 35.0 Å². The lowest BCUT2D eigenvalue weighted by Crippen LogP contribution is -2.41. The number of aryl methyl sites for hydroxylation is 1. The lowest BCUT2D eigenvalue weighted by Gasteiger charge is -2.28. The SMILES string of the molecule is CCn1nccc1CC1(CC)CCCN1. The Hall–Kier alpha value is -0.830. The summed E-state index contributed by atoms with van der Waals surface area (Å²) in [6.07, 6.45) is 6.86. The molecule has 1 unspecified atom stereocenters. The average molecular weight is 207 g/mol. The van der Waals surface area contributed by atoms with Crippen molar-refractivity contribution >= 4 is 0 Å². The van der Waals surface area contributed by atoms with Crippen molar-refractivity contribution in [3.8, 4) is 0 Å². The molecule has 3 heteroatoms. The van der Waals surface area contributed by atoms with Crippen LogP contribution in [0, 0.1) is 0 Å². The lowest BCUT2D eigenvalue weighted by atomic mass is 9.89. The summed E-state index contributed by atoms with van der Waals surface area (Å²) in [6, 6.07) is 2.15. The van der Waals surface area contributed by atoms with Crippen LogP contribution in [0.4, 0.5) is 0 Å². The van der Waals surface area contributed by atoms with E-state index < -0.39 is 0 Å². The molecule has 0 amide bonds. The Balaban J connectivity index is 2.12. The van der Waals surface area contributed by atoms with Crippen LogP contribution in [-0.4, -0.2) is 21.9 Å². The van der Waals surface area contributed by atoms with Gasteiger partial charge < -0.3 is 5.32 Å². The zero-order chi connectivity index (χ0) is 10.7. The van der Waals surface area contributed by atoms with E-state index >= 15 is 0 Å². The molecular formula is C12H21N3. The Bertz CT molecular complexity index is 310. The fraction of sp³-hybridized carbons (Fsp3) is 0.750. The third-order valence-corrected chi connectivity index (χ3v) is 3.63. The molecule has 1 aromatic rings. The number of nitrogens with one attached hydrogen (secondary N) is 1. The van der Waals surface area contributed by atoms with Crippen LogP contribution in [0.25, 0.3) is 0 Å². The van der Waals surface area contributed by atoms with Crippen molar-refractivity contribution in [3.05, 3.63) is 18.0 Å². The van der Waals surface area contributed by atoms with E-state index in [1.165, 1.54) is 31.5 Å². The van der Waals surface area contributed by atoms with Gasteiger partial charge in [-0.05, 0) is 38.8 Å². The summed E-state index contributed by atoms with van der Waals surface area (Å²) in [6.45, 7) is 6.58. The zero-order valence-electron chi connectivity index (χ0n) is 9.79. The monoisotopic (exact) mass is 207 g/mol. The first kappa shape index (κ1) is 10.7. The Kier molecular flexibility index (Phi) is 3.10. The summed E-state index contributed by atoms with van der Waals surface area (Å²) >= 11 is 0. The first-order chi connectivity index (χ1) is 7.29. The fourth-order valence-corrected chi connectivity index (χ4v) is 2.59. The van der Waals surface area contributed by atoms with E-state index in [9.17, 15) is 0 Å². The Labute approximate surface area is 91.9 Å². The van der Waals surface area contributed by atoms with Gasteiger partial charge in [0.05, 0.1) is 0 Å². The minimum absolute atomic E-state index is 0.340. The molecule has 0 radical (unpaired) electrons. The minimum Gasteiger partial charge on any atom is -0.311 e. The van der Waals surface area contributed by atoms with Crippen LogP contribution in [0.3, 0.4) is 0 Å². The highest BCUT2D eigenvalue weighted by Crippen LogP contribution is 2.27. The molecule has 15 heavy (non-hydrogen) atoms. The third kappa shape index (κ3) is 2.07. The van der Waals surface area contributed by atoms with E-state index in [1.54, 1.807) is 0 Å². The highest BCUT2D eigenvalue weighted by molar-refractivity contribution is 5.09. The van der Waals surface area contributed by atoms with Crippen LogP contribution in [-0.2, 0) is 13.0 Å². The molecule has 2 heterocycles. The van der Waals surface area contributed by atoms with Gasteiger partial charge in [-0.25, -0.2) is 0 Å². The largest absolute Gasteiger partial charge is 0.311 e. The average Bonchev–Trinajstić information content (AvgIpc) is 2.88. The Morgan fingerprint density at radius 1 is 1.53 bits per heavy atom. The molecule has 0 saturated carbocycles. The van der Waals surface area contributed by atoms with Crippen molar-refractivity contribution < 1.29 is 0 Å². The second-order valence-corrected chi connectivity index (χ2v) is 4.48. The van der Waals surface area contributed by atoms with Gasteiger partial charge in [-0.15, -0.1) is 0 Å². The molecule has 0 bridgehead atoms. The number of hydrogen-bond donors (Lipinski definition) is 1. The lowest BCUT2D eigenvalue weighted by molar-refractivity contribution is 0.349. The van der Waals surface area contributed by atoms with Crippen molar-refractivity contribution in [2.24, 2.45) is 0 Å². The van der Waals surface area contributed by atoms with Crippen LogP contribution in [0.5, 0.6) is 0 Å². The first-order valence-corrected chi connectivity index (χ1v) is 6.05. The van der Waals surface area contributed by atoms with Gasteiger partial charge in [0.1, 0.15) is 0 Å². The van der Waals surface area contributed by atoms with E-state index in [1.807, 2.05) is 6.20 Å². The Morgan fingerprint density at radius 3 is 3.00 bits per heavy atom. The summed E-state index contributed by atoms with van der Waals surface area (Å²) in [4.78, 5) is 0. The molecule has 1 atom stereocenters. The minimum atomic E-state index is 0.340. The van der Waals surface area contributed by atoms with Crippen molar-refractivity contribution in [1.82, 2.24) is 15.1 Å². The quantitative estimate of drug-likeness (QED) is 0.818. The van der Waals surface area contributed by atoms with Gasteiger partial charge >= 0.3 is 0 Å². The van der Waals surface area contributed by atoms with Gasteiger partial charge in [-0.2, -0.15) is 5.10 Å². The van der Waals surface area contributed by atoms with Crippen molar-refractivity contribution in [2.75, 3.05) is 6.54 Å². The Morgan fingerprint density at radius 2 is 2.40 bits per heavy atom. The number of aromatic nitrogens is 2. The second kappa shape index (κ2) is 4.35. The van der Waals surface area contributed by atoms with Crippen LogP contribution in [0.15, 0.2) is 12.3 Å². The number of nitrogens with zero attached hydrogens (tertiary/aromatic N) is 2. The van der Waals surface area contributed by atoms with Crippen LogP contribution < -0.4 is 5.32 Å². The molecule has 2 rings (SSSR count). The van der Waals surface area contributed by atoms with Gasteiger partial charge in [-0.1, -0.05) is 6.92 Å². The van der Waals surface area contributed by atoms with Crippen LogP contribution >= 0.6 is 0 Å². The zero-order valence-corrected chi connectivity index (χ0v) is 9.79. The molecule has 1 aromatic heterocycles. The molecule has 84 valence electrons. The standard InChI is InChI=1S/C12H21N3/c1-3-12(7-5-8-13-12)10-11-6-9-14-15(11)4-2/h6,9,13H,3-5,7-8,10H2,1-2H3. The van der Waals surface area contributed by atoms with Gasteiger partial charge in [0.15, 0.2) is 0 Å². The fourth-order valence-electron chi connectivity index (χ4n) is 2.59. The summed E-state index contributed by atoms with van der Waals surface area (Å²) in [5, 5.41) is 8.00. The highest BCUT2D eigenvalue weighted by atomic mass is 15.3. The van der Waals surface area contributed by atoms with Crippen molar-refractivity contribution in [1.29, 1.82) is 0 Å². The molecule has 1 N–H and O–H groups in total. The molecule has 1 fully saturated rings. The molecule has 0 aromatic carbocycles. The van der Waals surface area contributed by atoms with Gasteiger partial charge in [0.25, 0.3) is 0 Å². The van der Waals surface area contributed by atoms with Crippen LogP contribution in [0.2, 0.25) is 0 Å². The third-order valence-electron chi connectivity index (χ3n) is 3.63. The van der Waals surface area contributed by atoms with E-state index in [-0.39, 0.29) is 0 Å².